The highest BCUT2D eigenvalue weighted by molar-refractivity contribution is 5.48. The number of nitrogens with one attached hydrogen (secondary N) is 4. The summed E-state index contributed by atoms with van der Waals surface area (Å²) in [7, 11) is 0. The lowest BCUT2D eigenvalue weighted by Crippen LogP contribution is -2.32. The van der Waals surface area contributed by atoms with Gasteiger partial charge in [0, 0.05) is 0 Å². The summed E-state index contributed by atoms with van der Waals surface area (Å²) in [5.74, 6) is -3.00. The number of nitrogens with zero attached hydrogens (tertiary/aromatic N) is 1. The first-order valence-electron chi connectivity index (χ1n) is 7.42. The Labute approximate surface area is 148 Å². The highest BCUT2D eigenvalue weighted by Gasteiger charge is 2.30. The highest BCUT2D eigenvalue weighted by atomic mass is 16.3. The Hall–Kier alpha value is -4.33. The fourth-order valence-electron chi connectivity index (χ4n) is 2.73. The Balaban J connectivity index is 2.40. The van der Waals surface area contributed by atoms with Crippen LogP contribution in [-0.2, 0) is 0 Å². The van der Waals surface area contributed by atoms with Crippen molar-refractivity contribution in [1.82, 2.24) is 19.9 Å². The van der Waals surface area contributed by atoms with Gasteiger partial charge >= 0.3 is 11.4 Å². The van der Waals surface area contributed by atoms with E-state index >= 15 is 0 Å². The number of hydrogen-bond acceptors (Lipinski definition) is 7. The number of benzene rings is 1. The van der Waals surface area contributed by atoms with Gasteiger partial charge in [-0.2, -0.15) is 5.26 Å². The summed E-state index contributed by atoms with van der Waals surface area (Å²) in [6, 6.07) is 7.50. The van der Waals surface area contributed by atoms with E-state index in [1.54, 1.807) is 0 Å². The number of nitriles is 1. The van der Waals surface area contributed by atoms with Crippen molar-refractivity contribution < 1.29 is 10.2 Å². The van der Waals surface area contributed by atoms with Crippen molar-refractivity contribution >= 4 is 0 Å². The SMILES string of the molecule is N#Cc1ccc(C(c2c(O)[nH]c(=O)[nH]c2=O)c2c(O)[nH]c(=O)[nH]c2=O)cc1. The normalized spacial score (nSPS) is 10.7. The Morgan fingerprint density at radius 2 is 1.22 bits per heavy atom. The third-order valence-electron chi connectivity index (χ3n) is 3.87. The predicted octanol–water partition coefficient (Wildman–Crippen LogP) is -1.10. The van der Waals surface area contributed by atoms with Gasteiger partial charge in [-0.15, -0.1) is 0 Å². The van der Waals surface area contributed by atoms with Crippen LogP contribution in [0.5, 0.6) is 11.8 Å². The van der Waals surface area contributed by atoms with Crippen molar-refractivity contribution in [3.05, 3.63) is 88.2 Å². The molecule has 0 atom stereocenters. The average Bonchev–Trinajstić information content (AvgIpc) is 2.59. The first-order chi connectivity index (χ1) is 12.8. The molecule has 11 heteroatoms. The van der Waals surface area contributed by atoms with Crippen LogP contribution in [0.1, 0.15) is 28.2 Å². The monoisotopic (exact) mass is 369 g/mol. The van der Waals surface area contributed by atoms with Crippen LogP contribution >= 0.6 is 0 Å². The maximum Gasteiger partial charge on any atom is 0.328 e. The molecule has 3 rings (SSSR count). The molecule has 0 amide bonds. The number of aromatic amines is 4. The van der Waals surface area contributed by atoms with E-state index in [4.69, 9.17) is 5.26 Å². The van der Waals surface area contributed by atoms with Crippen molar-refractivity contribution in [2.45, 2.75) is 5.92 Å². The molecule has 0 aliphatic rings. The molecule has 11 nitrogen and oxygen atoms in total. The molecule has 0 spiro atoms. The van der Waals surface area contributed by atoms with Gasteiger partial charge in [0.25, 0.3) is 11.1 Å². The second-order valence-corrected chi connectivity index (χ2v) is 5.51. The maximum atomic E-state index is 12.3. The number of H-pyrrole nitrogens is 4. The van der Waals surface area contributed by atoms with E-state index < -0.39 is 51.3 Å². The van der Waals surface area contributed by atoms with E-state index in [0.29, 0.717) is 0 Å². The van der Waals surface area contributed by atoms with E-state index in [9.17, 15) is 29.4 Å². The van der Waals surface area contributed by atoms with E-state index in [0.717, 1.165) is 0 Å². The fraction of sp³-hybridized carbons (Fsp3) is 0.0625. The minimum absolute atomic E-state index is 0.231. The summed E-state index contributed by atoms with van der Waals surface area (Å²) in [6.45, 7) is 0. The molecule has 0 aliphatic carbocycles. The van der Waals surface area contributed by atoms with Crippen LogP contribution in [-0.4, -0.2) is 30.1 Å². The predicted molar refractivity (Wildman–Crippen MR) is 90.8 cm³/mol. The summed E-state index contributed by atoms with van der Waals surface area (Å²) in [5, 5.41) is 29.1. The highest BCUT2D eigenvalue weighted by Crippen LogP contribution is 2.34. The lowest BCUT2D eigenvalue weighted by atomic mass is 9.86. The topological polar surface area (TPSA) is 196 Å². The van der Waals surface area contributed by atoms with Gasteiger partial charge in [0.15, 0.2) is 0 Å². The number of aromatic hydroxyl groups is 2. The summed E-state index contributed by atoms with van der Waals surface area (Å²) in [5.41, 5.74) is -4.31. The van der Waals surface area contributed by atoms with E-state index in [-0.39, 0.29) is 11.1 Å². The minimum Gasteiger partial charge on any atom is -0.494 e. The smallest absolute Gasteiger partial charge is 0.328 e. The Bertz CT molecular complexity index is 1220. The molecule has 27 heavy (non-hydrogen) atoms. The molecule has 0 bridgehead atoms. The van der Waals surface area contributed by atoms with Crippen LogP contribution in [0.15, 0.2) is 43.4 Å². The summed E-state index contributed by atoms with van der Waals surface area (Å²) >= 11 is 0. The molecular formula is C16H11N5O6. The fourth-order valence-corrected chi connectivity index (χ4v) is 2.73. The van der Waals surface area contributed by atoms with Crippen LogP contribution in [0.25, 0.3) is 0 Å². The molecule has 136 valence electrons. The minimum atomic E-state index is -1.36. The van der Waals surface area contributed by atoms with Crippen molar-refractivity contribution in [2.75, 3.05) is 0 Å². The second-order valence-electron chi connectivity index (χ2n) is 5.51. The molecule has 6 N–H and O–H groups in total. The summed E-state index contributed by atoms with van der Waals surface area (Å²) in [6.07, 6.45) is 0. The van der Waals surface area contributed by atoms with E-state index in [2.05, 4.69) is 0 Å². The Morgan fingerprint density at radius 1 is 0.778 bits per heavy atom. The Morgan fingerprint density at radius 3 is 1.59 bits per heavy atom. The van der Waals surface area contributed by atoms with Crippen molar-refractivity contribution in [3.8, 4) is 17.8 Å². The molecule has 1 aromatic carbocycles. The second kappa shape index (κ2) is 6.52. The van der Waals surface area contributed by atoms with Gasteiger partial charge < -0.3 is 10.2 Å². The number of aromatic nitrogens is 4. The van der Waals surface area contributed by atoms with Gasteiger partial charge in [-0.05, 0) is 17.7 Å². The number of hydrogen-bond donors (Lipinski definition) is 6. The average molecular weight is 369 g/mol. The first-order valence-corrected chi connectivity index (χ1v) is 7.42. The third-order valence-corrected chi connectivity index (χ3v) is 3.87. The molecule has 0 radical (unpaired) electrons. The van der Waals surface area contributed by atoms with Crippen LogP contribution in [0.4, 0.5) is 0 Å². The van der Waals surface area contributed by atoms with Crippen molar-refractivity contribution in [1.29, 1.82) is 5.26 Å². The van der Waals surface area contributed by atoms with Gasteiger partial charge in [0.2, 0.25) is 11.8 Å². The van der Waals surface area contributed by atoms with Crippen LogP contribution in [0.3, 0.4) is 0 Å². The zero-order chi connectivity index (χ0) is 19.7. The van der Waals surface area contributed by atoms with E-state index in [1.807, 2.05) is 26.0 Å². The quantitative estimate of drug-likeness (QED) is 0.337. The molecule has 0 saturated heterocycles. The van der Waals surface area contributed by atoms with Gasteiger partial charge in [-0.25, -0.2) is 9.59 Å². The summed E-state index contributed by atoms with van der Waals surface area (Å²) in [4.78, 5) is 55.2. The third kappa shape index (κ3) is 3.14. The first kappa shape index (κ1) is 17.5. The molecule has 0 saturated carbocycles. The van der Waals surface area contributed by atoms with Crippen LogP contribution < -0.4 is 22.5 Å². The Kier molecular flexibility index (Phi) is 4.23. The molecule has 0 aliphatic heterocycles. The van der Waals surface area contributed by atoms with Crippen LogP contribution in [0, 0.1) is 11.3 Å². The lowest BCUT2D eigenvalue weighted by Gasteiger charge is -2.18. The zero-order valence-corrected chi connectivity index (χ0v) is 13.4. The molecule has 0 unspecified atom stereocenters. The van der Waals surface area contributed by atoms with Gasteiger partial charge in [0.1, 0.15) is 0 Å². The van der Waals surface area contributed by atoms with Gasteiger partial charge in [-0.3, -0.25) is 29.5 Å². The van der Waals surface area contributed by atoms with Gasteiger partial charge in [0.05, 0.1) is 28.7 Å². The van der Waals surface area contributed by atoms with Gasteiger partial charge in [-0.1, -0.05) is 12.1 Å². The van der Waals surface area contributed by atoms with Crippen LogP contribution in [0.2, 0.25) is 0 Å². The standard InChI is InChI=1S/C16H11N5O6/c17-5-6-1-3-7(4-2-6)8(9-11(22)18-15(26)19-12(9)23)10-13(24)20-16(27)21-14(10)25/h1-4,8H,(H3,18,19,22,23,26)(H3,20,21,24,25,27). The van der Waals surface area contributed by atoms with E-state index in [1.165, 1.54) is 24.3 Å². The number of rotatable bonds is 3. The molecule has 3 aromatic rings. The largest absolute Gasteiger partial charge is 0.494 e. The van der Waals surface area contributed by atoms with Crippen molar-refractivity contribution in [2.24, 2.45) is 0 Å². The molecule has 2 aromatic heterocycles. The molecular weight excluding hydrogens is 358 g/mol. The maximum absolute atomic E-state index is 12.3. The van der Waals surface area contributed by atoms with Crippen molar-refractivity contribution in [3.63, 3.8) is 0 Å². The lowest BCUT2D eigenvalue weighted by molar-refractivity contribution is 0.429. The zero-order valence-electron chi connectivity index (χ0n) is 13.4. The molecule has 2 heterocycles. The summed E-state index contributed by atoms with van der Waals surface area (Å²) < 4.78 is 0. The molecule has 0 fully saturated rings.